The molecule has 11 nitrogen and oxygen atoms in total. The first-order chi connectivity index (χ1) is 22.8. The predicted octanol–water partition coefficient (Wildman–Crippen LogP) is 5.29. The summed E-state index contributed by atoms with van der Waals surface area (Å²) in [6, 6.07) is 16.0. The first-order valence-electron chi connectivity index (χ1n) is 15.3. The van der Waals surface area contributed by atoms with Crippen LogP contribution in [0.1, 0.15) is 47.9 Å². The fourth-order valence-electron chi connectivity index (χ4n) is 6.67. The van der Waals surface area contributed by atoms with Gasteiger partial charge < -0.3 is 23.9 Å². The monoisotopic (exact) mass is 680 g/mol. The van der Waals surface area contributed by atoms with E-state index in [1.165, 1.54) is 25.5 Å². The number of carbonyl (C=O) groups is 1. The topological polar surface area (TPSA) is 123 Å². The van der Waals surface area contributed by atoms with Gasteiger partial charge in [0.2, 0.25) is 5.89 Å². The van der Waals surface area contributed by atoms with Gasteiger partial charge >= 0.3 is 0 Å². The standard InChI is InChI=1S/C34H37ClN4O7S/c1-43-18-5-15-36-22-23-7-13-27(31(20-23)45-3)34(38-17-4-6-30(38)32-37-16-19-46-32)28-21-24(35)8-14-29(28)39(33(34)40)47(41,42)26-11-9-25(44-2)10-12-26/h7-14,16,19-21,30,36H,4-6,15,17-18,22H2,1-3H3. The van der Waals surface area contributed by atoms with E-state index in [2.05, 4.69) is 10.3 Å². The van der Waals surface area contributed by atoms with Crippen LogP contribution in [0.3, 0.4) is 0 Å². The van der Waals surface area contributed by atoms with Crippen LogP contribution in [-0.2, 0) is 31.6 Å². The number of oxazole rings is 1. The van der Waals surface area contributed by atoms with Gasteiger partial charge in [0.05, 0.1) is 37.0 Å². The molecular weight excluding hydrogens is 644 g/mol. The molecule has 4 aromatic rings. The van der Waals surface area contributed by atoms with E-state index in [9.17, 15) is 8.42 Å². The van der Waals surface area contributed by atoms with Crippen LogP contribution >= 0.6 is 11.6 Å². The van der Waals surface area contributed by atoms with Gasteiger partial charge in [0, 0.05) is 43.0 Å². The molecular formula is C34H37ClN4O7S. The Morgan fingerprint density at radius 3 is 2.55 bits per heavy atom. The third-order valence-corrected chi connectivity index (χ3v) is 10.7. The number of hydrogen-bond acceptors (Lipinski definition) is 10. The van der Waals surface area contributed by atoms with E-state index in [1.54, 1.807) is 50.7 Å². The Kier molecular flexibility index (Phi) is 9.58. The van der Waals surface area contributed by atoms with Crippen molar-refractivity contribution in [1.82, 2.24) is 15.2 Å². The molecule has 0 aliphatic carbocycles. The Hall–Kier alpha value is -3.94. The molecule has 2 unspecified atom stereocenters. The lowest BCUT2D eigenvalue weighted by atomic mass is 9.80. The lowest BCUT2D eigenvalue weighted by Gasteiger charge is -2.41. The molecule has 1 aromatic heterocycles. The number of aromatic nitrogens is 1. The number of anilines is 1. The van der Waals surface area contributed by atoms with Crippen molar-refractivity contribution in [3.8, 4) is 11.5 Å². The number of nitrogens with zero attached hydrogens (tertiary/aromatic N) is 3. The quantitative estimate of drug-likeness (QED) is 0.186. The van der Waals surface area contributed by atoms with Crippen molar-refractivity contribution in [2.75, 3.05) is 45.3 Å². The summed E-state index contributed by atoms with van der Waals surface area (Å²) in [7, 11) is 0.306. The average Bonchev–Trinajstić information content (AvgIpc) is 3.84. The number of nitrogens with one attached hydrogen (secondary N) is 1. The summed E-state index contributed by atoms with van der Waals surface area (Å²) in [6.45, 7) is 2.42. The molecule has 1 fully saturated rings. The largest absolute Gasteiger partial charge is 0.497 e. The number of sulfonamides is 1. The van der Waals surface area contributed by atoms with E-state index in [0.29, 0.717) is 59.7 Å². The number of likely N-dealkylation sites (tertiary alicyclic amines) is 1. The summed E-state index contributed by atoms with van der Waals surface area (Å²) in [5.41, 5.74) is 0.393. The second kappa shape index (κ2) is 13.7. The fraction of sp³-hybridized carbons (Fsp3) is 0.353. The normalized spacial score (nSPS) is 19.7. The number of methoxy groups -OCH3 is 3. The van der Waals surface area contributed by atoms with E-state index < -0.39 is 27.5 Å². The van der Waals surface area contributed by atoms with Crippen LogP contribution in [0.15, 0.2) is 82.4 Å². The number of rotatable bonds is 13. The van der Waals surface area contributed by atoms with E-state index in [4.69, 9.17) is 30.2 Å². The maximum absolute atomic E-state index is 15.4. The Morgan fingerprint density at radius 2 is 1.85 bits per heavy atom. The number of amides is 1. The first kappa shape index (κ1) is 33.0. The van der Waals surface area contributed by atoms with Gasteiger partial charge in [-0.3, -0.25) is 9.69 Å². The predicted molar refractivity (Wildman–Crippen MR) is 176 cm³/mol. The van der Waals surface area contributed by atoms with Gasteiger partial charge in [-0.05, 0) is 79.9 Å². The van der Waals surface area contributed by atoms with Crippen LogP contribution in [-0.4, -0.2) is 65.2 Å². The SMILES string of the molecule is COCCCNCc1ccc(C2(N3CCCC3c3ncco3)C(=O)N(S(=O)(=O)c3ccc(OC)cc3)c3ccc(Cl)cc32)c(OC)c1. The second-order valence-corrected chi connectivity index (χ2v) is 13.6. The van der Waals surface area contributed by atoms with Gasteiger partial charge in [0.25, 0.3) is 15.9 Å². The molecule has 0 bridgehead atoms. The summed E-state index contributed by atoms with van der Waals surface area (Å²) >= 11 is 6.64. The highest BCUT2D eigenvalue weighted by Crippen LogP contribution is 2.56. The van der Waals surface area contributed by atoms with Crippen molar-refractivity contribution in [2.45, 2.75) is 42.3 Å². The van der Waals surface area contributed by atoms with E-state index in [-0.39, 0.29) is 10.6 Å². The Bertz CT molecular complexity index is 1840. The summed E-state index contributed by atoms with van der Waals surface area (Å²) in [5.74, 6) is 0.683. The van der Waals surface area contributed by atoms with Crippen molar-refractivity contribution >= 4 is 33.2 Å². The third-order valence-electron chi connectivity index (χ3n) is 8.77. The molecule has 0 radical (unpaired) electrons. The van der Waals surface area contributed by atoms with Crippen molar-refractivity contribution < 1.29 is 31.8 Å². The average molecular weight is 681 g/mol. The highest BCUT2D eigenvalue weighted by Gasteiger charge is 2.62. The maximum Gasteiger partial charge on any atom is 0.271 e. The second-order valence-electron chi connectivity index (χ2n) is 11.4. The highest BCUT2D eigenvalue weighted by atomic mass is 35.5. The molecule has 2 atom stereocenters. The van der Waals surface area contributed by atoms with E-state index in [0.717, 1.165) is 29.3 Å². The van der Waals surface area contributed by atoms with Gasteiger partial charge in [0.1, 0.15) is 17.8 Å². The fourth-order valence-corrected chi connectivity index (χ4v) is 8.31. The van der Waals surface area contributed by atoms with Crippen LogP contribution in [0.2, 0.25) is 5.02 Å². The molecule has 0 spiro atoms. The number of carbonyl (C=O) groups excluding carboxylic acids is 1. The molecule has 3 heterocycles. The molecule has 2 aliphatic rings. The van der Waals surface area contributed by atoms with Crippen molar-refractivity contribution in [2.24, 2.45) is 0 Å². The molecule has 2 aliphatic heterocycles. The number of ether oxygens (including phenoxy) is 3. The Balaban J connectivity index is 1.55. The van der Waals surface area contributed by atoms with Gasteiger partial charge in [-0.1, -0.05) is 23.7 Å². The molecule has 3 aromatic carbocycles. The van der Waals surface area contributed by atoms with Crippen molar-refractivity contribution in [3.63, 3.8) is 0 Å². The molecule has 6 rings (SSSR count). The van der Waals surface area contributed by atoms with E-state index in [1.807, 2.05) is 23.1 Å². The van der Waals surface area contributed by atoms with Crippen LogP contribution < -0.4 is 19.1 Å². The van der Waals surface area contributed by atoms with Crippen LogP contribution in [0.5, 0.6) is 11.5 Å². The number of hydrogen-bond donors (Lipinski definition) is 1. The number of benzene rings is 3. The summed E-state index contributed by atoms with van der Waals surface area (Å²) < 4.78 is 52.0. The van der Waals surface area contributed by atoms with Crippen molar-refractivity contribution in [3.05, 3.63) is 101 Å². The minimum Gasteiger partial charge on any atom is -0.497 e. The van der Waals surface area contributed by atoms with Gasteiger partial charge in [-0.15, -0.1) is 0 Å². The maximum atomic E-state index is 15.4. The Labute approximate surface area is 279 Å². The number of fused-ring (bicyclic) bond motifs is 1. The molecule has 13 heteroatoms. The molecule has 1 saturated heterocycles. The van der Waals surface area contributed by atoms with E-state index >= 15 is 4.79 Å². The van der Waals surface area contributed by atoms with Gasteiger partial charge in [-0.2, -0.15) is 0 Å². The minimum absolute atomic E-state index is 0.0594. The lowest BCUT2D eigenvalue weighted by molar-refractivity contribution is -0.127. The molecule has 47 heavy (non-hydrogen) atoms. The summed E-state index contributed by atoms with van der Waals surface area (Å²) in [5, 5.41) is 3.76. The molecule has 248 valence electrons. The first-order valence-corrected chi connectivity index (χ1v) is 17.2. The molecule has 1 N–H and O–H groups in total. The third kappa shape index (κ3) is 5.78. The lowest BCUT2D eigenvalue weighted by Crippen LogP contribution is -2.54. The summed E-state index contributed by atoms with van der Waals surface area (Å²) in [6.07, 6.45) is 5.28. The van der Waals surface area contributed by atoms with Crippen LogP contribution in [0.4, 0.5) is 5.69 Å². The zero-order chi connectivity index (χ0) is 33.2. The Morgan fingerprint density at radius 1 is 1.04 bits per heavy atom. The zero-order valence-corrected chi connectivity index (χ0v) is 28.0. The van der Waals surface area contributed by atoms with Gasteiger partial charge in [0.15, 0.2) is 5.54 Å². The van der Waals surface area contributed by atoms with Crippen molar-refractivity contribution in [1.29, 1.82) is 0 Å². The number of halogens is 1. The highest BCUT2D eigenvalue weighted by molar-refractivity contribution is 7.93. The smallest absolute Gasteiger partial charge is 0.271 e. The summed E-state index contributed by atoms with van der Waals surface area (Å²) in [4.78, 5) is 21.7. The van der Waals surface area contributed by atoms with Crippen LogP contribution in [0, 0.1) is 0 Å². The van der Waals surface area contributed by atoms with Crippen LogP contribution in [0.25, 0.3) is 0 Å². The zero-order valence-electron chi connectivity index (χ0n) is 26.4. The minimum atomic E-state index is -4.41. The molecule has 1 amide bonds. The molecule has 0 saturated carbocycles. The van der Waals surface area contributed by atoms with Gasteiger partial charge in [-0.25, -0.2) is 17.7 Å².